The molecule has 0 spiro atoms. The Labute approximate surface area is 119 Å². The zero-order chi connectivity index (χ0) is 13.4. The van der Waals surface area contributed by atoms with E-state index in [2.05, 4.69) is 21.2 Å². The molecule has 1 heterocycles. The molecule has 0 bridgehead atoms. The molecule has 0 saturated carbocycles. The van der Waals surface area contributed by atoms with Crippen LogP contribution in [0.5, 0.6) is 5.75 Å². The Morgan fingerprint density at radius 3 is 3.00 bits per heavy atom. The molecule has 0 amide bonds. The van der Waals surface area contributed by atoms with Gasteiger partial charge in [0.1, 0.15) is 17.7 Å². The number of hydrogen-bond donors (Lipinski definition) is 1. The van der Waals surface area contributed by atoms with Gasteiger partial charge in [-0.1, -0.05) is 28.1 Å². The number of ether oxygens (including phenoxy) is 1. The van der Waals surface area contributed by atoms with Crippen molar-refractivity contribution in [1.82, 2.24) is 0 Å². The minimum absolute atomic E-state index is 0.243. The standard InChI is InChI=1S/C15H13BrFNO/c1-9-3-2-4-13-15(9)19-14(8-18-13)11-7-10(16)5-6-12(11)17/h2-7,14,18H,8H2,1H3. The minimum Gasteiger partial charge on any atom is -0.481 e. The lowest BCUT2D eigenvalue weighted by Gasteiger charge is -2.29. The largest absolute Gasteiger partial charge is 0.481 e. The topological polar surface area (TPSA) is 21.3 Å². The predicted octanol–water partition coefficient (Wildman–Crippen LogP) is 4.44. The van der Waals surface area contributed by atoms with E-state index in [0.717, 1.165) is 21.5 Å². The summed E-state index contributed by atoms with van der Waals surface area (Å²) in [4.78, 5) is 0. The molecule has 2 aromatic carbocycles. The summed E-state index contributed by atoms with van der Waals surface area (Å²) in [6.07, 6.45) is -0.314. The second-order valence-corrected chi connectivity index (χ2v) is 5.52. The summed E-state index contributed by atoms with van der Waals surface area (Å²) >= 11 is 3.37. The zero-order valence-electron chi connectivity index (χ0n) is 10.4. The monoisotopic (exact) mass is 321 g/mol. The smallest absolute Gasteiger partial charge is 0.146 e. The molecule has 2 aromatic rings. The second-order valence-electron chi connectivity index (χ2n) is 4.60. The summed E-state index contributed by atoms with van der Waals surface area (Å²) in [5.74, 6) is 0.560. The summed E-state index contributed by atoms with van der Waals surface area (Å²) in [6, 6.07) is 10.8. The number of hydrogen-bond acceptors (Lipinski definition) is 2. The molecule has 2 nitrogen and oxygen atoms in total. The van der Waals surface area contributed by atoms with Crippen LogP contribution in [0.1, 0.15) is 17.2 Å². The van der Waals surface area contributed by atoms with Gasteiger partial charge >= 0.3 is 0 Å². The number of anilines is 1. The Hall–Kier alpha value is -1.55. The first-order chi connectivity index (χ1) is 9.15. The fraction of sp³-hybridized carbons (Fsp3) is 0.200. The van der Waals surface area contributed by atoms with E-state index >= 15 is 0 Å². The number of benzene rings is 2. The van der Waals surface area contributed by atoms with Gasteiger partial charge in [-0.2, -0.15) is 0 Å². The minimum atomic E-state index is -0.314. The molecule has 0 radical (unpaired) electrons. The third-order valence-electron chi connectivity index (χ3n) is 3.25. The Bertz CT molecular complexity index is 630. The molecule has 0 saturated heterocycles. The molecule has 0 aromatic heterocycles. The molecule has 0 aliphatic carbocycles. The second kappa shape index (κ2) is 4.85. The molecule has 1 aliphatic rings. The molecule has 98 valence electrons. The third-order valence-corrected chi connectivity index (χ3v) is 3.75. The number of aryl methyl sites for hydroxylation is 1. The summed E-state index contributed by atoms with van der Waals surface area (Å²) < 4.78 is 20.7. The van der Waals surface area contributed by atoms with E-state index in [1.165, 1.54) is 6.07 Å². The maximum atomic E-state index is 13.9. The maximum absolute atomic E-state index is 13.9. The van der Waals surface area contributed by atoms with Crippen molar-refractivity contribution in [3.63, 3.8) is 0 Å². The van der Waals surface area contributed by atoms with Crippen molar-refractivity contribution in [3.05, 3.63) is 57.8 Å². The van der Waals surface area contributed by atoms with Crippen molar-refractivity contribution in [3.8, 4) is 5.75 Å². The maximum Gasteiger partial charge on any atom is 0.146 e. The number of nitrogens with one attached hydrogen (secondary N) is 1. The van der Waals surface area contributed by atoms with Crippen molar-refractivity contribution in [1.29, 1.82) is 0 Å². The number of halogens is 2. The van der Waals surface area contributed by atoms with E-state index < -0.39 is 0 Å². The van der Waals surface area contributed by atoms with Crippen LogP contribution >= 0.6 is 15.9 Å². The van der Waals surface area contributed by atoms with Crippen LogP contribution < -0.4 is 10.1 Å². The molecule has 19 heavy (non-hydrogen) atoms. The van der Waals surface area contributed by atoms with E-state index in [1.54, 1.807) is 12.1 Å². The fourth-order valence-electron chi connectivity index (χ4n) is 2.27. The Balaban J connectivity index is 1.97. The van der Waals surface area contributed by atoms with Gasteiger partial charge in [0.15, 0.2) is 0 Å². The van der Waals surface area contributed by atoms with Gasteiger partial charge in [-0.3, -0.25) is 0 Å². The van der Waals surface area contributed by atoms with Gasteiger partial charge in [-0.05, 0) is 36.8 Å². The molecular weight excluding hydrogens is 309 g/mol. The van der Waals surface area contributed by atoms with Gasteiger partial charge in [0.2, 0.25) is 0 Å². The van der Waals surface area contributed by atoms with Gasteiger partial charge in [0, 0.05) is 10.0 Å². The van der Waals surface area contributed by atoms with Crippen molar-refractivity contribution in [2.45, 2.75) is 13.0 Å². The molecule has 3 rings (SSSR count). The van der Waals surface area contributed by atoms with Crippen molar-refractivity contribution in [2.24, 2.45) is 0 Å². The van der Waals surface area contributed by atoms with E-state index in [-0.39, 0.29) is 11.9 Å². The van der Waals surface area contributed by atoms with Crippen LogP contribution in [0.3, 0.4) is 0 Å². The number of para-hydroxylation sites is 1. The number of rotatable bonds is 1. The summed E-state index contributed by atoms with van der Waals surface area (Å²) in [5.41, 5.74) is 2.58. The van der Waals surface area contributed by atoms with Crippen molar-refractivity contribution < 1.29 is 9.13 Å². The normalized spacial score (nSPS) is 17.3. The predicted molar refractivity (Wildman–Crippen MR) is 77.1 cm³/mol. The Kier molecular flexibility index (Phi) is 3.19. The molecule has 1 aliphatic heterocycles. The highest BCUT2D eigenvalue weighted by atomic mass is 79.9. The lowest BCUT2D eigenvalue weighted by molar-refractivity contribution is 0.204. The third kappa shape index (κ3) is 2.32. The van der Waals surface area contributed by atoms with Crippen LogP contribution in [0.2, 0.25) is 0 Å². The lowest BCUT2D eigenvalue weighted by Crippen LogP contribution is -2.24. The lowest BCUT2D eigenvalue weighted by atomic mass is 10.1. The molecule has 0 fully saturated rings. The van der Waals surface area contributed by atoms with E-state index in [4.69, 9.17) is 4.74 Å². The first kappa shape index (κ1) is 12.5. The zero-order valence-corrected chi connectivity index (χ0v) is 12.0. The highest BCUT2D eigenvalue weighted by molar-refractivity contribution is 9.10. The Morgan fingerprint density at radius 2 is 2.16 bits per heavy atom. The molecular formula is C15H13BrFNO. The summed E-state index contributed by atoms with van der Waals surface area (Å²) in [6.45, 7) is 2.55. The van der Waals surface area contributed by atoms with Crippen LogP contribution in [0.4, 0.5) is 10.1 Å². The molecule has 1 unspecified atom stereocenters. The first-order valence-electron chi connectivity index (χ1n) is 6.10. The molecule has 1 atom stereocenters. The summed E-state index contributed by atoms with van der Waals surface area (Å²) in [5, 5.41) is 3.29. The van der Waals surface area contributed by atoms with Crippen LogP contribution in [0.25, 0.3) is 0 Å². The average Bonchev–Trinajstić information content (AvgIpc) is 2.42. The van der Waals surface area contributed by atoms with Crippen molar-refractivity contribution >= 4 is 21.6 Å². The quantitative estimate of drug-likeness (QED) is 0.838. The van der Waals surface area contributed by atoms with Gasteiger partial charge < -0.3 is 10.1 Å². The van der Waals surface area contributed by atoms with Gasteiger partial charge in [0.25, 0.3) is 0 Å². The molecule has 1 N–H and O–H groups in total. The van der Waals surface area contributed by atoms with Crippen LogP contribution in [0, 0.1) is 12.7 Å². The van der Waals surface area contributed by atoms with Gasteiger partial charge in [-0.15, -0.1) is 0 Å². The first-order valence-corrected chi connectivity index (χ1v) is 6.89. The van der Waals surface area contributed by atoms with E-state index in [1.807, 2.05) is 25.1 Å². The SMILES string of the molecule is Cc1cccc2c1OC(c1cc(Br)ccc1F)CN2. The fourth-order valence-corrected chi connectivity index (χ4v) is 2.65. The number of fused-ring (bicyclic) bond motifs is 1. The van der Waals surface area contributed by atoms with Crippen LogP contribution in [-0.4, -0.2) is 6.54 Å². The highest BCUT2D eigenvalue weighted by Crippen LogP contribution is 2.37. The van der Waals surface area contributed by atoms with Crippen molar-refractivity contribution in [2.75, 3.05) is 11.9 Å². The van der Waals surface area contributed by atoms with E-state index in [9.17, 15) is 4.39 Å². The summed E-state index contributed by atoms with van der Waals surface area (Å²) in [7, 11) is 0. The highest BCUT2D eigenvalue weighted by Gasteiger charge is 2.24. The van der Waals surface area contributed by atoms with Gasteiger partial charge in [-0.25, -0.2) is 4.39 Å². The molecule has 4 heteroatoms. The average molecular weight is 322 g/mol. The van der Waals surface area contributed by atoms with Crippen LogP contribution in [-0.2, 0) is 0 Å². The Morgan fingerprint density at radius 1 is 1.32 bits per heavy atom. The van der Waals surface area contributed by atoms with Crippen LogP contribution in [0.15, 0.2) is 40.9 Å². The van der Waals surface area contributed by atoms with Gasteiger partial charge in [0.05, 0.1) is 12.2 Å². The van der Waals surface area contributed by atoms with E-state index in [0.29, 0.717) is 12.1 Å².